The number of nitrogens with two attached hydrogens (primary N) is 1. The highest BCUT2D eigenvalue weighted by molar-refractivity contribution is 5.63. The van der Waals surface area contributed by atoms with Crippen LogP contribution in [0.1, 0.15) is 36.3 Å². The number of nitrogens with one attached hydrogen (secondary N) is 1. The third-order valence-corrected chi connectivity index (χ3v) is 4.48. The van der Waals surface area contributed by atoms with Crippen LogP contribution in [-0.4, -0.2) is 13.1 Å². The Bertz CT molecular complexity index is 492. The monoisotopic (exact) mass is 270 g/mol. The Balaban J connectivity index is 2.07. The molecule has 0 bridgehead atoms. The van der Waals surface area contributed by atoms with Gasteiger partial charge in [0, 0.05) is 12.2 Å². The lowest BCUT2D eigenvalue weighted by molar-refractivity contribution is -0.137. The molecule has 1 fully saturated rings. The molecule has 1 aromatic carbocycles. The molecular formula is C14H17F3N2. The van der Waals surface area contributed by atoms with Crippen molar-refractivity contribution >= 4 is 5.69 Å². The molecule has 19 heavy (non-hydrogen) atoms. The summed E-state index contributed by atoms with van der Waals surface area (Å²) in [5.74, 6) is 0.163. The number of hydrogen-bond acceptors (Lipinski definition) is 2. The van der Waals surface area contributed by atoms with Crippen molar-refractivity contribution in [1.82, 2.24) is 0 Å². The molecule has 0 radical (unpaired) electrons. The Kier molecular flexibility index (Phi) is 2.78. The molecule has 1 heterocycles. The minimum Gasteiger partial charge on any atom is -0.384 e. The van der Waals surface area contributed by atoms with Crippen molar-refractivity contribution < 1.29 is 13.2 Å². The first-order valence-electron chi connectivity index (χ1n) is 6.62. The zero-order valence-electron chi connectivity index (χ0n) is 10.6. The Morgan fingerprint density at radius 3 is 2.63 bits per heavy atom. The van der Waals surface area contributed by atoms with Crippen molar-refractivity contribution in [3.8, 4) is 0 Å². The van der Waals surface area contributed by atoms with Gasteiger partial charge in [-0.05, 0) is 48.8 Å². The van der Waals surface area contributed by atoms with Crippen LogP contribution in [0.2, 0.25) is 0 Å². The van der Waals surface area contributed by atoms with Crippen LogP contribution in [0.5, 0.6) is 0 Å². The van der Waals surface area contributed by atoms with Crippen molar-refractivity contribution in [2.45, 2.75) is 31.4 Å². The van der Waals surface area contributed by atoms with Crippen LogP contribution in [0, 0.1) is 5.41 Å². The summed E-state index contributed by atoms with van der Waals surface area (Å²) in [5, 5.41) is 3.02. The van der Waals surface area contributed by atoms with Gasteiger partial charge in [-0.25, -0.2) is 0 Å². The van der Waals surface area contributed by atoms with Gasteiger partial charge < -0.3 is 11.1 Å². The summed E-state index contributed by atoms with van der Waals surface area (Å²) >= 11 is 0. The topological polar surface area (TPSA) is 38.0 Å². The lowest BCUT2D eigenvalue weighted by atomic mass is 9.76. The summed E-state index contributed by atoms with van der Waals surface area (Å²) in [5.41, 5.74) is 6.31. The highest BCUT2D eigenvalue weighted by Crippen LogP contribution is 2.61. The number of para-hydroxylation sites is 1. The maximum Gasteiger partial charge on any atom is 0.418 e. The van der Waals surface area contributed by atoms with Gasteiger partial charge in [0.2, 0.25) is 0 Å². The second-order valence-electron chi connectivity index (χ2n) is 5.61. The number of halogens is 3. The Morgan fingerprint density at radius 1 is 1.32 bits per heavy atom. The summed E-state index contributed by atoms with van der Waals surface area (Å²) in [6.45, 7) is 1.15. The highest BCUT2D eigenvalue weighted by atomic mass is 19.4. The van der Waals surface area contributed by atoms with Gasteiger partial charge in [0.05, 0.1) is 5.56 Å². The maximum absolute atomic E-state index is 13.0. The van der Waals surface area contributed by atoms with E-state index in [2.05, 4.69) is 5.32 Å². The second kappa shape index (κ2) is 4.13. The third-order valence-electron chi connectivity index (χ3n) is 4.48. The molecule has 104 valence electrons. The van der Waals surface area contributed by atoms with Crippen molar-refractivity contribution in [2.24, 2.45) is 11.1 Å². The molecule has 1 aliphatic carbocycles. The molecule has 1 spiro atoms. The maximum atomic E-state index is 13.0. The van der Waals surface area contributed by atoms with E-state index < -0.39 is 11.7 Å². The molecule has 0 aromatic heterocycles. The van der Waals surface area contributed by atoms with Crippen LogP contribution in [-0.2, 0) is 6.18 Å². The fraction of sp³-hybridized carbons (Fsp3) is 0.571. The molecule has 3 rings (SSSR count). The van der Waals surface area contributed by atoms with E-state index in [0.717, 1.165) is 30.9 Å². The Hall–Kier alpha value is -1.23. The largest absolute Gasteiger partial charge is 0.418 e. The second-order valence-corrected chi connectivity index (χ2v) is 5.61. The molecule has 2 aliphatic rings. The first-order chi connectivity index (χ1) is 8.98. The number of hydrogen-bond donors (Lipinski definition) is 2. The van der Waals surface area contributed by atoms with Gasteiger partial charge in [-0.3, -0.25) is 0 Å². The fourth-order valence-corrected chi connectivity index (χ4v) is 3.33. The summed E-state index contributed by atoms with van der Waals surface area (Å²) in [7, 11) is 0. The zero-order chi connectivity index (χ0) is 13.7. The SMILES string of the molecule is NCCC1c2cccc(C(F)(F)F)c2NCC12CC2. The molecule has 1 aromatic rings. The van der Waals surface area contributed by atoms with E-state index in [1.54, 1.807) is 0 Å². The lowest BCUT2D eigenvalue weighted by Crippen LogP contribution is -2.32. The smallest absolute Gasteiger partial charge is 0.384 e. The van der Waals surface area contributed by atoms with Gasteiger partial charge in [-0.1, -0.05) is 12.1 Å². The fourth-order valence-electron chi connectivity index (χ4n) is 3.33. The zero-order valence-corrected chi connectivity index (χ0v) is 10.6. The van der Waals surface area contributed by atoms with E-state index in [9.17, 15) is 13.2 Å². The Morgan fingerprint density at radius 2 is 2.05 bits per heavy atom. The number of rotatable bonds is 2. The molecular weight excluding hydrogens is 253 g/mol. The quantitative estimate of drug-likeness (QED) is 0.865. The van der Waals surface area contributed by atoms with Gasteiger partial charge >= 0.3 is 6.18 Å². The predicted octanol–water partition coefficient (Wildman–Crippen LogP) is 3.34. The van der Waals surface area contributed by atoms with E-state index in [-0.39, 0.29) is 17.0 Å². The van der Waals surface area contributed by atoms with Crippen LogP contribution in [0.3, 0.4) is 0 Å². The van der Waals surface area contributed by atoms with Gasteiger partial charge in [0.15, 0.2) is 0 Å². The number of alkyl halides is 3. The van der Waals surface area contributed by atoms with Crippen LogP contribution in [0.15, 0.2) is 18.2 Å². The van der Waals surface area contributed by atoms with Crippen LogP contribution in [0.25, 0.3) is 0 Å². The van der Waals surface area contributed by atoms with Crippen molar-refractivity contribution in [1.29, 1.82) is 0 Å². The summed E-state index contributed by atoms with van der Waals surface area (Å²) in [6, 6.07) is 4.47. The highest BCUT2D eigenvalue weighted by Gasteiger charge is 2.52. The summed E-state index contributed by atoms with van der Waals surface area (Å²) in [6.07, 6.45) is -1.38. The number of anilines is 1. The lowest BCUT2D eigenvalue weighted by Gasteiger charge is -2.36. The minimum atomic E-state index is -4.31. The van der Waals surface area contributed by atoms with Gasteiger partial charge in [0.25, 0.3) is 0 Å². The summed E-state index contributed by atoms with van der Waals surface area (Å²) < 4.78 is 39.1. The average Bonchev–Trinajstić information content (AvgIpc) is 3.12. The number of fused-ring (bicyclic) bond motifs is 1. The van der Waals surface area contributed by atoms with E-state index in [4.69, 9.17) is 5.73 Å². The molecule has 1 unspecified atom stereocenters. The standard InChI is InChI=1S/C14H17F3N2/c15-14(16,17)11-3-1-2-9-10(4-7-18)13(5-6-13)8-19-12(9)11/h1-3,10,19H,4-8,18H2. The van der Waals surface area contributed by atoms with Gasteiger partial charge in [-0.15, -0.1) is 0 Å². The molecule has 5 heteroatoms. The van der Waals surface area contributed by atoms with Crippen LogP contribution in [0.4, 0.5) is 18.9 Å². The number of benzene rings is 1. The molecule has 0 saturated heterocycles. The molecule has 3 N–H and O–H groups in total. The molecule has 1 aliphatic heterocycles. The molecule has 2 nitrogen and oxygen atoms in total. The van der Waals surface area contributed by atoms with E-state index >= 15 is 0 Å². The van der Waals surface area contributed by atoms with Crippen LogP contribution >= 0.6 is 0 Å². The average molecular weight is 270 g/mol. The first kappa shape index (κ1) is 12.8. The van der Waals surface area contributed by atoms with Crippen molar-refractivity contribution in [3.63, 3.8) is 0 Å². The minimum absolute atomic E-state index is 0.149. The molecule has 1 saturated carbocycles. The first-order valence-corrected chi connectivity index (χ1v) is 6.62. The van der Waals surface area contributed by atoms with Crippen molar-refractivity contribution in [3.05, 3.63) is 29.3 Å². The molecule has 0 amide bonds. The summed E-state index contributed by atoms with van der Waals surface area (Å²) in [4.78, 5) is 0. The van der Waals surface area contributed by atoms with Gasteiger partial charge in [0.1, 0.15) is 0 Å². The molecule has 1 atom stereocenters. The third kappa shape index (κ3) is 2.00. The van der Waals surface area contributed by atoms with E-state index in [1.165, 1.54) is 6.07 Å². The normalized spacial score (nSPS) is 23.9. The van der Waals surface area contributed by atoms with Gasteiger partial charge in [-0.2, -0.15) is 13.2 Å². The predicted molar refractivity (Wildman–Crippen MR) is 68.0 cm³/mol. The van der Waals surface area contributed by atoms with Crippen LogP contribution < -0.4 is 11.1 Å². The Labute approximate surface area is 110 Å². The van der Waals surface area contributed by atoms with E-state index in [1.807, 2.05) is 6.07 Å². The van der Waals surface area contributed by atoms with Crippen molar-refractivity contribution in [2.75, 3.05) is 18.4 Å². The van der Waals surface area contributed by atoms with E-state index in [0.29, 0.717) is 13.1 Å².